The van der Waals surface area contributed by atoms with Crippen LogP contribution in [0.1, 0.15) is 26.2 Å². The van der Waals surface area contributed by atoms with Gasteiger partial charge in [0, 0.05) is 13.1 Å². The summed E-state index contributed by atoms with van der Waals surface area (Å²) in [6.07, 6.45) is 10.8. The van der Waals surface area contributed by atoms with Crippen LogP contribution >= 0.6 is 0 Å². The zero-order chi connectivity index (χ0) is 16.7. The van der Waals surface area contributed by atoms with E-state index in [1.807, 2.05) is 4.90 Å². The summed E-state index contributed by atoms with van der Waals surface area (Å²) in [4.78, 5) is 14.4. The highest BCUT2D eigenvalue weighted by Gasteiger charge is 2.46. The molecule has 2 fully saturated rings. The first kappa shape index (κ1) is 17.7. The summed E-state index contributed by atoms with van der Waals surface area (Å²) < 4.78 is 28.9. The highest BCUT2D eigenvalue weighted by molar-refractivity contribution is 5.85. The van der Waals surface area contributed by atoms with E-state index in [1.54, 1.807) is 25.2 Å². The lowest BCUT2D eigenvalue weighted by Crippen LogP contribution is -2.42. The molecule has 0 aromatic rings. The van der Waals surface area contributed by atoms with Gasteiger partial charge in [-0.1, -0.05) is 18.2 Å². The molecule has 0 aliphatic carbocycles. The van der Waals surface area contributed by atoms with E-state index < -0.39 is 6.61 Å². The summed E-state index contributed by atoms with van der Waals surface area (Å²) in [7, 11) is 0. The predicted octanol–water partition coefficient (Wildman–Crippen LogP) is 2.84. The molecule has 0 saturated carbocycles. The minimum atomic E-state index is -2.84. The molecule has 1 amide bonds. The van der Waals surface area contributed by atoms with Crippen LogP contribution in [0.3, 0.4) is 0 Å². The van der Waals surface area contributed by atoms with Crippen LogP contribution in [0.4, 0.5) is 8.78 Å². The van der Waals surface area contributed by atoms with Crippen molar-refractivity contribution in [1.82, 2.24) is 10.2 Å². The highest BCUT2D eigenvalue weighted by atomic mass is 19.3. The van der Waals surface area contributed by atoms with Crippen molar-refractivity contribution in [2.75, 3.05) is 26.2 Å². The molecule has 2 saturated heterocycles. The topological polar surface area (TPSA) is 41.6 Å². The Labute approximate surface area is 135 Å². The molecule has 2 rings (SSSR count). The summed E-state index contributed by atoms with van der Waals surface area (Å²) in [5.41, 5.74) is -0.177. The monoisotopic (exact) mass is 326 g/mol. The number of carbonyl (C=O) groups is 1. The Kier molecular flexibility index (Phi) is 6.33. The van der Waals surface area contributed by atoms with Gasteiger partial charge >= 0.3 is 6.61 Å². The van der Waals surface area contributed by atoms with Crippen molar-refractivity contribution in [3.63, 3.8) is 0 Å². The van der Waals surface area contributed by atoms with Crippen molar-refractivity contribution in [1.29, 1.82) is 0 Å². The minimum Gasteiger partial charge on any atom is -0.435 e. The lowest BCUT2D eigenvalue weighted by molar-refractivity contribution is -0.136. The molecule has 0 atom stereocenters. The number of rotatable bonds is 6. The molecule has 0 unspecified atom stereocenters. The molecule has 2 aliphatic heterocycles. The molecule has 0 aromatic heterocycles. The van der Waals surface area contributed by atoms with Crippen molar-refractivity contribution in [3.8, 4) is 0 Å². The molecular weight excluding hydrogens is 302 g/mol. The first-order valence-electron chi connectivity index (χ1n) is 8.02. The Morgan fingerprint density at radius 3 is 2.78 bits per heavy atom. The van der Waals surface area contributed by atoms with Crippen LogP contribution in [0.25, 0.3) is 0 Å². The number of amides is 1. The molecule has 2 heterocycles. The van der Waals surface area contributed by atoms with Gasteiger partial charge in [0.05, 0.1) is 5.41 Å². The number of carbonyl (C=O) groups excluding carboxylic acids is 1. The van der Waals surface area contributed by atoms with E-state index in [-0.39, 0.29) is 17.1 Å². The van der Waals surface area contributed by atoms with Crippen molar-refractivity contribution >= 4 is 5.91 Å². The van der Waals surface area contributed by atoms with E-state index in [2.05, 4.69) is 10.1 Å². The summed E-state index contributed by atoms with van der Waals surface area (Å²) >= 11 is 0. The Balaban J connectivity index is 1.89. The van der Waals surface area contributed by atoms with Crippen molar-refractivity contribution in [2.24, 2.45) is 5.41 Å². The smallest absolute Gasteiger partial charge is 0.387 e. The average Bonchev–Trinajstić information content (AvgIpc) is 2.81. The zero-order valence-electron chi connectivity index (χ0n) is 13.4. The van der Waals surface area contributed by atoms with E-state index in [0.717, 1.165) is 38.9 Å². The number of ether oxygens (including phenoxy) is 1. The number of likely N-dealkylation sites (tertiary alicyclic amines) is 1. The predicted molar refractivity (Wildman–Crippen MR) is 84.9 cm³/mol. The van der Waals surface area contributed by atoms with Gasteiger partial charge in [-0.05, 0) is 51.4 Å². The second kappa shape index (κ2) is 8.24. The van der Waals surface area contributed by atoms with Crippen LogP contribution in [0.2, 0.25) is 0 Å². The Bertz CT molecular complexity index is 495. The van der Waals surface area contributed by atoms with Gasteiger partial charge in [0.15, 0.2) is 0 Å². The molecule has 1 N–H and O–H groups in total. The molecular formula is C17H24F2N2O2. The molecule has 2 aliphatic rings. The summed E-state index contributed by atoms with van der Waals surface area (Å²) in [6, 6.07) is 0. The zero-order valence-corrected chi connectivity index (χ0v) is 13.4. The Morgan fingerprint density at radius 2 is 2.13 bits per heavy atom. The van der Waals surface area contributed by atoms with E-state index in [0.29, 0.717) is 6.54 Å². The third-order valence-corrected chi connectivity index (χ3v) is 4.44. The van der Waals surface area contributed by atoms with Crippen molar-refractivity contribution < 1.29 is 18.3 Å². The maximum atomic E-state index is 12.6. The van der Waals surface area contributed by atoms with Gasteiger partial charge < -0.3 is 15.0 Å². The highest BCUT2D eigenvalue weighted by Crippen LogP contribution is 2.39. The SMILES string of the molecule is C\C=C/C(=C\C=C\CN1CCC2(CCNCC2)C1=O)OC(F)F. The van der Waals surface area contributed by atoms with E-state index in [4.69, 9.17) is 0 Å². The fraction of sp³-hybridized carbons (Fsp3) is 0.588. The van der Waals surface area contributed by atoms with E-state index in [9.17, 15) is 13.6 Å². The normalized spacial score (nSPS) is 22.2. The molecule has 6 heteroatoms. The van der Waals surface area contributed by atoms with Gasteiger partial charge in [0.2, 0.25) is 5.91 Å². The lowest BCUT2D eigenvalue weighted by Gasteiger charge is -2.31. The molecule has 0 aromatic carbocycles. The van der Waals surface area contributed by atoms with Gasteiger partial charge in [-0.2, -0.15) is 8.78 Å². The quantitative estimate of drug-likeness (QED) is 0.603. The standard InChI is InChI=1S/C17H24F2N2O2/c1-2-5-14(23-16(18)19)6-3-4-12-21-13-9-17(15(21)22)7-10-20-11-8-17/h2-6,16,20H,7-13H2,1H3/b4-3+,5-2-,14-6+. The van der Waals surface area contributed by atoms with Crippen LogP contribution in [-0.4, -0.2) is 43.6 Å². The Morgan fingerprint density at radius 1 is 1.39 bits per heavy atom. The number of nitrogens with one attached hydrogen (secondary N) is 1. The number of halogens is 2. The van der Waals surface area contributed by atoms with Crippen molar-refractivity contribution in [2.45, 2.75) is 32.8 Å². The second-order valence-corrected chi connectivity index (χ2v) is 5.91. The molecule has 23 heavy (non-hydrogen) atoms. The number of piperidine rings is 1. The van der Waals surface area contributed by atoms with Gasteiger partial charge in [-0.15, -0.1) is 0 Å². The fourth-order valence-corrected chi connectivity index (χ4v) is 3.19. The first-order valence-corrected chi connectivity index (χ1v) is 8.02. The number of alkyl halides is 2. The summed E-state index contributed by atoms with van der Waals surface area (Å²) in [5, 5.41) is 3.29. The molecule has 0 radical (unpaired) electrons. The van der Waals surface area contributed by atoms with Gasteiger partial charge in [0.1, 0.15) is 5.76 Å². The van der Waals surface area contributed by atoms with Gasteiger partial charge in [-0.25, -0.2) is 0 Å². The molecule has 0 bridgehead atoms. The van der Waals surface area contributed by atoms with E-state index >= 15 is 0 Å². The van der Waals surface area contributed by atoms with Gasteiger partial charge in [-0.3, -0.25) is 4.79 Å². The first-order chi connectivity index (χ1) is 11.1. The number of nitrogens with zero attached hydrogens (tertiary/aromatic N) is 1. The van der Waals surface area contributed by atoms with Crippen LogP contribution in [0, 0.1) is 5.41 Å². The minimum absolute atomic E-state index is 0.0984. The maximum absolute atomic E-state index is 12.6. The van der Waals surface area contributed by atoms with E-state index in [1.165, 1.54) is 12.2 Å². The van der Waals surface area contributed by atoms with Crippen LogP contribution in [0.15, 0.2) is 36.1 Å². The molecule has 4 nitrogen and oxygen atoms in total. The largest absolute Gasteiger partial charge is 0.435 e. The van der Waals surface area contributed by atoms with Gasteiger partial charge in [0.25, 0.3) is 0 Å². The van der Waals surface area contributed by atoms with Crippen LogP contribution in [-0.2, 0) is 9.53 Å². The summed E-state index contributed by atoms with van der Waals surface area (Å²) in [5.74, 6) is 0.325. The van der Waals surface area contributed by atoms with Crippen LogP contribution in [0.5, 0.6) is 0 Å². The Hall–Kier alpha value is -1.69. The number of hydrogen-bond donors (Lipinski definition) is 1. The van der Waals surface area contributed by atoms with Crippen molar-refractivity contribution in [3.05, 3.63) is 36.1 Å². The fourth-order valence-electron chi connectivity index (χ4n) is 3.19. The third kappa shape index (κ3) is 4.64. The maximum Gasteiger partial charge on any atom is 0.387 e. The van der Waals surface area contributed by atoms with Crippen LogP contribution < -0.4 is 5.32 Å². The second-order valence-electron chi connectivity index (χ2n) is 5.91. The molecule has 1 spiro atoms. The average molecular weight is 326 g/mol. The number of allylic oxidation sites excluding steroid dienone is 4. The number of hydrogen-bond acceptors (Lipinski definition) is 3. The molecule has 128 valence electrons. The summed E-state index contributed by atoms with van der Waals surface area (Å²) in [6.45, 7) is 1.95. The third-order valence-electron chi connectivity index (χ3n) is 4.44. The lowest BCUT2D eigenvalue weighted by atomic mass is 9.78.